The van der Waals surface area contributed by atoms with Crippen LogP contribution in [0.4, 0.5) is 11.4 Å². The van der Waals surface area contributed by atoms with Gasteiger partial charge in [0.2, 0.25) is 5.91 Å². The normalized spacial score (nSPS) is 10.1. The van der Waals surface area contributed by atoms with E-state index in [9.17, 15) is 4.79 Å². The van der Waals surface area contributed by atoms with Gasteiger partial charge in [0.05, 0.1) is 11.4 Å². The number of nitrogens with one attached hydrogen (secondary N) is 1. The Morgan fingerprint density at radius 2 is 1.95 bits per heavy atom. The number of hydrogen-bond acceptors (Lipinski definition) is 4. The van der Waals surface area contributed by atoms with Crippen LogP contribution in [0.3, 0.4) is 0 Å². The molecule has 0 fully saturated rings. The number of benzene rings is 1. The van der Waals surface area contributed by atoms with Crippen LogP contribution in [-0.2, 0) is 4.79 Å². The summed E-state index contributed by atoms with van der Waals surface area (Å²) < 4.78 is 0. The number of carbonyl (C=O) groups is 1. The fraction of sp³-hybridized carbons (Fsp3) is 0.143. The van der Waals surface area contributed by atoms with Crippen LogP contribution in [0.2, 0.25) is 0 Å². The predicted octanol–water partition coefficient (Wildman–Crippen LogP) is 2.78. The number of hydrogen-bond donors (Lipinski definition) is 2. The van der Waals surface area contributed by atoms with Crippen LogP contribution in [0.25, 0.3) is 0 Å². The molecule has 1 aromatic carbocycles. The number of aromatic nitrogens is 1. The number of anilines is 2. The molecule has 2 rings (SSSR count). The smallest absolute Gasteiger partial charge is 0.225 e. The second-order valence-electron chi connectivity index (χ2n) is 3.92. The molecule has 2 aromatic rings. The van der Waals surface area contributed by atoms with E-state index in [4.69, 9.17) is 5.73 Å². The monoisotopic (exact) mass is 273 g/mol. The standard InChI is InChI=1S/C14H15N3OS/c15-12-3-1-2-4-13(12)17-14(18)7-10-19-11-5-8-16-9-6-11/h1-6,8-9H,7,10,15H2,(H,17,18). The molecule has 0 aliphatic carbocycles. The highest BCUT2D eigenvalue weighted by atomic mass is 32.2. The van der Waals surface area contributed by atoms with Crippen LogP contribution in [0.5, 0.6) is 0 Å². The highest BCUT2D eigenvalue weighted by Gasteiger charge is 2.04. The summed E-state index contributed by atoms with van der Waals surface area (Å²) >= 11 is 1.63. The maximum Gasteiger partial charge on any atom is 0.225 e. The first-order valence-corrected chi connectivity index (χ1v) is 6.91. The molecule has 1 heterocycles. The minimum Gasteiger partial charge on any atom is -0.397 e. The second-order valence-corrected chi connectivity index (χ2v) is 5.09. The lowest BCUT2D eigenvalue weighted by Crippen LogP contribution is -2.13. The summed E-state index contributed by atoms with van der Waals surface area (Å²) in [5, 5.41) is 2.81. The molecule has 0 unspecified atom stereocenters. The molecule has 0 radical (unpaired) electrons. The van der Waals surface area contributed by atoms with Gasteiger partial charge in [-0.05, 0) is 24.3 Å². The molecule has 0 aliphatic rings. The lowest BCUT2D eigenvalue weighted by Gasteiger charge is -2.07. The Labute approximate surface area is 116 Å². The zero-order chi connectivity index (χ0) is 13.5. The number of amides is 1. The summed E-state index contributed by atoms with van der Waals surface area (Å²) in [6.07, 6.45) is 3.93. The number of pyridine rings is 1. The van der Waals surface area contributed by atoms with Gasteiger partial charge in [-0.3, -0.25) is 9.78 Å². The van der Waals surface area contributed by atoms with Crippen LogP contribution >= 0.6 is 11.8 Å². The van der Waals surface area contributed by atoms with E-state index in [0.29, 0.717) is 17.8 Å². The van der Waals surface area contributed by atoms with E-state index in [-0.39, 0.29) is 5.91 Å². The molecule has 0 aliphatic heterocycles. The van der Waals surface area contributed by atoms with Crippen molar-refractivity contribution in [1.29, 1.82) is 0 Å². The van der Waals surface area contributed by atoms with Crippen molar-refractivity contribution in [2.75, 3.05) is 16.8 Å². The summed E-state index contributed by atoms with van der Waals surface area (Å²) in [5.41, 5.74) is 7.01. The largest absolute Gasteiger partial charge is 0.397 e. The van der Waals surface area contributed by atoms with Crippen LogP contribution in [-0.4, -0.2) is 16.6 Å². The number of thioether (sulfide) groups is 1. The van der Waals surface area contributed by atoms with Crippen molar-refractivity contribution in [2.45, 2.75) is 11.3 Å². The number of rotatable bonds is 5. The van der Waals surface area contributed by atoms with Crippen molar-refractivity contribution >= 4 is 29.0 Å². The van der Waals surface area contributed by atoms with E-state index in [1.165, 1.54) is 0 Å². The maximum absolute atomic E-state index is 11.8. The van der Waals surface area contributed by atoms with Crippen LogP contribution in [0.1, 0.15) is 6.42 Å². The van der Waals surface area contributed by atoms with Crippen molar-refractivity contribution in [3.05, 3.63) is 48.8 Å². The first-order valence-electron chi connectivity index (χ1n) is 5.93. The third-order valence-corrected chi connectivity index (χ3v) is 3.50. The molecule has 4 nitrogen and oxygen atoms in total. The SMILES string of the molecule is Nc1ccccc1NC(=O)CCSc1ccncc1. The summed E-state index contributed by atoms with van der Waals surface area (Å²) in [4.78, 5) is 16.8. The zero-order valence-electron chi connectivity index (χ0n) is 10.4. The average Bonchev–Trinajstić information content (AvgIpc) is 2.43. The van der Waals surface area contributed by atoms with Gasteiger partial charge in [-0.25, -0.2) is 0 Å². The van der Waals surface area contributed by atoms with E-state index >= 15 is 0 Å². The predicted molar refractivity (Wildman–Crippen MR) is 79.1 cm³/mol. The van der Waals surface area contributed by atoms with Crippen molar-refractivity contribution in [3.63, 3.8) is 0 Å². The number of nitrogens with zero attached hydrogens (tertiary/aromatic N) is 1. The van der Waals surface area contributed by atoms with Crippen molar-refractivity contribution < 1.29 is 4.79 Å². The minimum absolute atomic E-state index is 0.0283. The Morgan fingerprint density at radius 3 is 2.68 bits per heavy atom. The van der Waals surface area contributed by atoms with Gasteiger partial charge < -0.3 is 11.1 Å². The van der Waals surface area contributed by atoms with Crippen LogP contribution in [0.15, 0.2) is 53.7 Å². The molecule has 0 saturated heterocycles. The van der Waals surface area contributed by atoms with Crippen LogP contribution in [0, 0.1) is 0 Å². The Hall–Kier alpha value is -2.01. The summed E-state index contributed by atoms with van der Waals surface area (Å²) in [6.45, 7) is 0. The third-order valence-electron chi connectivity index (χ3n) is 2.48. The highest BCUT2D eigenvalue weighted by Crippen LogP contribution is 2.19. The summed E-state index contributed by atoms with van der Waals surface area (Å²) in [7, 11) is 0. The molecule has 98 valence electrons. The van der Waals surface area contributed by atoms with Gasteiger partial charge in [0.15, 0.2) is 0 Å². The van der Waals surface area contributed by atoms with Gasteiger partial charge in [0.1, 0.15) is 0 Å². The Bertz CT molecular complexity index is 545. The Morgan fingerprint density at radius 1 is 1.21 bits per heavy atom. The average molecular weight is 273 g/mol. The van der Waals surface area contributed by atoms with Gasteiger partial charge in [0, 0.05) is 29.5 Å². The highest BCUT2D eigenvalue weighted by molar-refractivity contribution is 7.99. The zero-order valence-corrected chi connectivity index (χ0v) is 11.2. The summed E-state index contributed by atoms with van der Waals surface area (Å²) in [5.74, 6) is 0.697. The van der Waals surface area contributed by atoms with Gasteiger partial charge in [0.25, 0.3) is 0 Å². The maximum atomic E-state index is 11.8. The molecule has 0 spiro atoms. The molecule has 1 aromatic heterocycles. The molecule has 0 atom stereocenters. The second kappa shape index (κ2) is 6.80. The van der Waals surface area contributed by atoms with Crippen molar-refractivity contribution in [2.24, 2.45) is 0 Å². The van der Waals surface area contributed by atoms with E-state index in [1.807, 2.05) is 24.3 Å². The Balaban J connectivity index is 1.78. The van der Waals surface area contributed by atoms with Gasteiger partial charge in [-0.1, -0.05) is 12.1 Å². The molecule has 0 saturated carbocycles. The minimum atomic E-state index is -0.0283. The van der Waals surface area contributed by atoms with E-state index in [1.54, 1.807) is 36.3 Å². The fourth-order valence-electron chi connectivity index (χ4n) is 1.52. The molecular weight excluding hydrogens is 258 g/mol. The van der Waals surface area contributed by atoms with E-state index in [0.717, 1.165) is 10.6 Å². The molecule has 0 bridgehead atoms. The van der Waals surface area contributed by atoms with Crippen molar-refractivity contribution in [1.82, 2.24) is 4.98 Å². The fourth-order valence-corrected chi connectivity index (χ4v) is 2.36. The first-order chi connectivity index (χ1) is 9.25. The van der Waals surface area contributed by atoms with Gasteiger partial charge in [-0.15, -0.1) is 11.8 Å². The number of nitrogen functional groups attached to an aromatic ring is 1. The Kier molecular flexibility index (Phi) is 4.80. The third kappa shape index (κ3) is 4.30. The number of para-hydroxylation sites is 2. The van der Waals surface area contributed by atoms with E-state index < -0.39 is 0 Å². The molecule has 5 heteroatoms. The molecule has 19 heavy (non-hydrogen) atoms. The molecular formula is C14H15N3OS. The quantitative estimate of drug-likeness (QED) is 0.649. The number of nitrogens with two attached hydrogens (primary N) is 1. The van der Waals surface area contributed by atoms with Crippen LogP contribution < -0.4 is 11.1 Å². The lowest BCUT2D eigenvalue weighted by atomic mass is 10.2. The summed E-state index contributed by atoms with van der Waals surface area (Å²) in [6, 6.07) is 11.1. The molecule has 1 amide bonds. The van der Waals surface area contributed by atoms with Gasteiger partial charge in [-0.2, -0.15) is 0 Å². The molecule has 3 N–H and O–H groups in total. The lowest BCUT2D eigenvalue weighted by molar-refractivity contribution is -0.115. The number of carbonyl (C=O) groups excluding carboxylic acids is 1. The van der Waals surface area contributed by atoms with Gasteiger partial charge >= 0.3 is 0 Å². The van der Waals surface area contributed by atoms with Crippen molar-refractivity contribution in [3.8, 4) is 0 Å². The topological polar surface area (TPSA) is 68.0 Å². The van der Waals surface area contributed by atoms with E-state index in [2.05, 4.69) is 10.3 Å². The first kappa shape index (κ1) is 13.4.